The molecule has 3 aromatic carbocycles. The van der Waals surface area contributed by atoms with E-state index in [1.165, 1.54) is 22.3 Å². The molecule has 0 saturated heterocycles. The van der Waals surface area contributed by atoms with Gasteiger partial charge in [0.25, 0.3) is 0 Å². The Hall–Kier alpha value is -2.54. The van der Waals surface area contributed by atoms with Crippen molar-refractivity contribution in [1.82, 2.24) is 0 Å². The van der Waals surface area contributed by atoms with Gasteiger partial charge < -0.3 is 4.74 Å². The smallest absolute Gasteiger partial charge is 0.127 e. The van der Waals surface area contributed by atoms with Gasteiger partial charge in [0.05, 0.1) is 0 Å². The van der Waals surface area contributed by atoms with Crippen molar-refractivity contribution in [3.63, 3.8) is 0 Å². The molecule has 160 valence electrons. The molecule has 0 aliphatic heterocycles. The first-order valence-corrected chi connectivity index (χ1v) is 11.3. The predicted molar refractivity (Wildman–Crippen MR) is 131 cm³/mol. The minimum absolute atomic E-state index is 0.555. The molecule has 0 aromatic heterocycles. The molecule has 0 bridgehead atoms. The SMILES string of the molecule is CC(C)c1ccc(Oc2ccc(C(C)C)cc2)cc1.CCc1cccc(C(C)C)c1. The molecular formula is C29H38O. The molecule has 0 atom stereocenters. The Morgan fingerprint density at radius 3 is 1.37 bits per heavy atom. The van der Waals surface area contributed by atoms with Gasteiger partial charge in [-0.1, -0.05) is 97.0 Å². The molecule has 0 saturated carbocycles. The molecule has 3 rings (SSSR count). The predicted octanol–water partition coefficient (Wildman–Crippen LogP) is 9.10. The molecule has 3 aromatic rings. The fraction of sp³-hybridized carbons (Fsp3) is 0.379. The van der Waals surface area contributed by atoms with Crippen LogP contribution in [-0.2, 0) is 6.42 Å². The van der Waals surface area contributed by atoms with E-state index in [2.05, 4.69) is 97.0 Å². The van der Waals surface area contributed by atoms with Crippen molar-refractivity contribution in [2.45, 2.75) is 72.6 Å². The number of hydrogen-bond acceptors (Lipinski definition) is 1. The van der Waals surface area contributed by atoms with E-state index < -0.39 is 0 Å². The van der Waals surface area contributed by atoms with E-state index in [9.17, 15) is 0 Å². The van der Waals surface area contributed by atoms with Crippen LogP contribution in [0.5, 0.6) is 11.5 Å². The van der Waals surface area contributed by atoms with Gasteiger partial charge in [-0.2, -0.15) is 0 Å². The molecule has 30 heavy (non-hydrogen) atoms. The average molecular weight is 403 g/mol. The summed E-state index contributed by atoms with van der Waals surface area (Å²) in [6.07, 6.45) is 1.14. The van der Waals surface area contributed by atoms with Crippen molar-refractivity contribution >= 4 is 0 Å². The molecule has 1 heteroatoms. The van der Waals surface area contributed by atoms with Gasteiger partial charge in [-0.25, -0.2) is 0 Å². The minimum atomic E-state index is 0.555. The summed E-state index contributed by atoms with van der Waals surface area (Å²) >= 11 is 0. The van der Waals surface area contributed by atoms with E-state index in [4.69, 9.17) is 4.74 Å². The van der Waals surface area contributed by atoms with Gasteiger partial charge in [-0.05, 0) is 70.7 Å². The van der Waals surface area contributed by atoms with Gasteiger partial charge in [0, 0.05) is 0 Å². The maximum absolute atomic E-state index is 5.85. The quantitative estimate of drug-likeness (QED) is 0.399. The van der Waals surface area contributed by atoms with Gasteiger partial charge in [0.15, 0.2) is 0 Å². The van der Waals surface area contributed by atoms with E-state index in [1.807, 2.05) is 24.3 Å². The maximum atomic E-state index is 5.85. The van der Waals surface area contributed by atoms with E-state index in [0.717, 1.165) is 17.9 Å². The van der Waals surface area contributed by atoms with Crippen molar-refractivity contribution in [1.29, 1.82) is 0 Å². The third kappa shape index (κ3) is 7.37. The zero-order valence-electron chi connectivity index (χ0n) is 19.8. The lowest BCUT2D eigenvalue weighted by Gasteiger charge is -2.10. The Morgan fingerprint density at radius 2 is 1.00 bits per heavy atom. The van der Waals surface area contributed by atoms with Crippen LogP contribution in [-0.4, -0.2) is 0 Å². The molecular weight excluding hydrogens is 364 g/mol. The molecule has 0 spiro atoms. The third-order valence-electron chi connectivity index (χ3n) is 5.36. The molecule has 1 nitrogen and oxygen atoms in total. The highest BCUT2D eigenvalue weighted by Gasteiger charge is 2.02. The van der Waals surface area contributed by atoms with Gasteiger partial charge >= 0.3 is 0 Å². The second-order valence-corrected chi connectivity index (χ2v) is 8.80. The standard InChI is InChI=1S/C18H22O.C11H16/c1-13(2)15-5-9-17(10-6-15)19-18-11-7-16(8-12-18)14(3)4;1-4-10-6-5-7-11(8-10)9(2)3/h5-14H,1-4H3;5-9H,4H2,1-3H3. The van der Waals surface area contributed by atoms with Crippen LogP contribution in [0.4, 0.5) is 0 Å². The van der Waals surface area contributed by atoms with E-state index in [-0.39, 0.29) is 0 Å². The molecule has 0 unspecified atom stereocenters. The number of aryl methyl sites for hydroxylation is 1. The summed E-state index contributed by atoms with van der Waals surface area (Å²) in [5.41, 5.74) is 5.56. The minimum Gasteiger partial charge on any atom is -0.457 e. The summed E-state index contributed by atoms with van der Waals surface area (Å²) in [6, 6.07) is 25.5. The summed E-state index contributed by atoms with van der Waals surface area (Å²) in [5.74, 6) is 3.55. The highest BCUT2D eigenvalue weighted by atomic mass is 16.5. The molecule has 0 amide bonds. The second-order valence-electron chi connectivity index (χ2n) is 8.80. The first kappa shape index (κ1) is 23.7. The molecule has 0 aliphatic carbocycles. The zero-order chi connectivity index (χ0) is 22.1. The summed E-state index contributed by atoms with van der Waals surface area (Å²) < 4.78 is 5.85. The van der Waals surface area contributed by atoms with Gasteiger partial charge in [-0.3, -0.25) is 0 Å². The number of hydrogen-bond donors (Lipinski definition) is 0. The summed E-state index contributed by atoms with van der Waals surface area (Å²) in [4.78, 5) is 0. The summed E-state index contributed by atoms with van der Waals surface area (Å²) in [5, 5.41) is 0. The highest BCUT2D eigenvalue weighted by molar-refractivity contribution is 5.35. The lowest BCUT2D eigenvalue weighted by Crippen LogP contribution is -1.90. The monoisotopic (exact) mass is 402 g/mol. The zero-order valence-corrected chi connectivity index (χ0v) is 19.8. The lowest BCUT2D eigenvalue weighted by molar-refractivity contribution is 0.482. The Morgan fingerprint density at radius 1 is 0.567 bits per heavy atom. The Balaban J connectivity index is 0.000000248. The Kier molecular flexibility index (Phi) is 9.17. The molecule has 0 heterocycles. The van der Waals surface area contributed by atoms with Gasteiger partial charge in [-0.15, -0.1) is 0 Å². The molecule has 0 radical (unpaired) electrons. The van der Waals surface area contributed by atoms with Crippen LogP contribution >= 0.6 is 0 Å². The fourth-order valence-electron chi connectivity index (χ4n) is 3.15. The normalized spacial score (nSPS) is 10.9. The lowest BCUT2D eigenvalue weighted by atomic mass is 10.0. The van der Waals surface area contributed by atoms with Crippen LogP contribution in [0.25, 0.3) is 0 Å². The fourth-order valence-corrected chi connectivity index (χ4v) is 3.15. The third-order valence-corrected chi connectivity index (χ3v) is 5.36. The topological polar surface area (TPSA) is 9.23 Å². The number of benzene rings is 3. The number of ether oxygens (including phenoxy) is 1. The van der Waals surface area contributed by atoms with Crippen molar-refractivity contribution in [2.24, 2.45) is 0 Å². The van der Waals surface area contributed by atoms with E-state index >= 15 is 0 Å². The van der Waals surface area contributed by atoms with Crippen LogP contribution < -0.4 is 4.74 Å². The van der Waals surface area contributed by atoms with Crippen LogP contribution in [0.15, 0.2) is 72.8 Å². The van der Waals surface area contributed by atoms with E-state index in [1.54, 1.807) is 0 Å². The van der Waals surface area contributed by atoms with Gasteiger partial charge in [0.1, 0.15) is 11.5 Å². The number of rotatable bonds is 6. The first-order chi connectivity index (χ1) is 14.3. The maximum Gasteiger partial charge on any atom is 0.127 e. The van der Waals surface area contributed by atoms with Crippen LogP contribution in [0.1, 0.15) is 88.5 Å². The van der Waals surface area contributed by atoms with Crippen molar-refractivity contribution in [3.8, 4) is 11.5 Å². The molecule has 0 N–H and O–H groups in total. The van der Waals surface area contributed by atoms with Crippen LogP contribution in [0.2, 0.25) is 0 Å². The van der Waals surface area contributed by atoms with Crippen molar-refractivity contribution in [3.05, 3.63) is 95.1 Å². The Labute approximate surface area is 184 Å². The molecule has 0 aliphatic rings. The second kappa shape index (κ2) is 11.6. The van der Waals surface area contributed by atoms with Crippen molar-refractivity contribution < 1.29 is 4.74 Å². The largest absolute Gasteiger partial charge is 0.457 e. The van der Waals surface area contributed by atoms with Crippen LogP contribution in [0, 0.1) is 0 Å². The summed E-state index contributed by atoms with van der Waals surface area (Å²) in [6.45, 7) is 15.4. The summed E-state index contributed by atoms with van der Waals surface area (Å²) in [7, 11) is 0. The van der Waals surface area contributed by atoms with Gasteiger partial charge in [0.2, 0.25) is 0 Å². The van der Waals surface area contributed by atoms with Crippen molar-refractivity contribution in [2.75, 3.05) is 0 Å². The molecule has 0 fully saturated rings. The average Bonchev–Trinajstić information content (AvgIpc) is 2.75. The van der Waals surface area contributed by atoms with E-state index in [0.29, 0.717) is 17.8 Å². The highest BCUT2D eigenvalue weighted by Crippen LogP contribution is 2.25. The Bertz CT molecular complexity index is 821. The van der Waals surface area contributed by atoms with Crippen LogP contribution in [0.3, 0.4) is 0 Å². The first-order valence-electron chi connectivity index (χ1n) is 11.3.